The lowest BCUT2D eigenvalue weighted by atomic mass is 9.70. The van der Waals surface area contributed by atoms with Gasteiger partial charge in [-0.05, 0) is 94.4 Å². The Morgan fingerprint density at radius 2 is 1.59 bits per heavy atom. The normalized spacial score (nSPS) is 20.2. The first-order chi connectivity index (χ1) is 31.1. The Balaban J connectivity index is 1.61. The van der Waals surface area contributed by atoms with Crippen LogP contribution in [0.5, 0.6) is 0 Å². The molecule has 2 aliphatic heterocycles. The summed E-state index contributed by atoms with van der Waals surface area (Å²) >= 11 is 0. The predicted octanol–water partition coefficient (Wildman–Crippen LogP) is 7.67. The van der Waals surface area contributed by atoms with E-state index < -0.39 is 55.1 Å². The van der Waals surface area contributed by atoms with Crippen molar-refractivity contribution in [2.24, 2.45) is 5.41 Å². The summed E-state index contributed by atoms with van der Waals surface area (Å²) in [5, 5.41) is 2.61. The minimum atomic E-state index is -4.41. The van der Waals surface area contributed by atoms with E-state index in [0.717, 1.165) is 54.2 Å². The maximum atomic E-state index is 14.3. The van der Waals surface area contributed by atoms with Crippen LogP contribution in [-0.4, -0.2) is 106 Å². The summed E-state index contributed by atoms with van der Waals surface area (Å²) in [6, 6.07) is 13.5. The number of sulfonamides is 1. The van der Waals surface area contributed by atoms with E-state index in [1.54, 1.807) is 26.0 Å². The highest BCUT2D eigenvalue weighted by Gasteiger charge is 2.50. The average Bonchev–Trinajstić information content (AvgIpc) is 3.60. The van der Waals surface area contributed by atoms with Crippen molar-refractivity contribution in [1.82, 2.24) is 9.62 Å². The van der Waals surface area contributed by atoms with Crippen molar-refractivity contribution in [2.45, 2.75) is 116 Å². The quantitative estimate of drug-likeness (QED) is 0.0543. The number of hydrogen-bond acceptors (Lipinski definition) is 10. The number of carbonyl (C=O) groups excluding carboxylic acids is 3. The van der Waals surface area contributed by atoms with E-state index in [2.05, 4.69) is 60.7 Å². The van der Waals surface area contributed by atoms with Gasteiger partial charge in [-0.3, -0.25) is 18.9 Å². The lowest BCUT2D eigenvalue weighted by Crippen LogP contribution is -2.49. The van der Waals surface area contributed by atoms with E-state index in [0.29, 0.717) is 24.1 Å². The van der Waals surface area contributed by atoms with Crippen molar-refractivity contribution in [2.75, 3.05) is 57.1 Å². The van der Waals surface area contributed by atoms with Gasteiger partial charge in [0.25, 0.3) is 10.1 Å². The van der Waals surface area contributed by atoms with Gasteiger partial charge >= 0.3 is 11.9 Å². The maximum Gasteiger partial charge on any atom is 0.322 e. The summed E-state index contributed by atoms with van der Waals surface area (Å²) in [6.45, 7) is 17.5. The maximum absolute atomic E-state index is 14.3. The first kappa shape index (κ1) is 52.1. The van der Waals surface area contributed by atoms with E-state index >= 15 is 0 Å². The van der Waals surface area contributed by atoms with E-state index in [1.807, 2.05) is 56.4 Å². The number of rotatable bonds is 21. The van der Waals surface area contributed by atoms with Crippen LogP contribution in [0.1, 0.15) is 111 Å². The second-order valence-corrected chi connectivity index (χ2v) is 21.9. The fraction of sp³-hybridized carbons (Fsp3) is 0.520. The number of amides is 1. The fourth-order valence-electron chi connectivity index (χ4n) is 9.27. The van der Waals surface area contributed by atoms with Gasteiger partial charge in [0.2, 0.25) is 21.6 Å². The van der Waals surface area contributed by atoms with Gasteiger partial charge in [0.05, 0.1) is 29.3 Å². The van der Waals surface area contributed by atoms with Gasteiger partial charge in [-0.1, -0.05) is 70.5 Å². The van der Waals surface area contributed by atoms with Gasteiger partial charge in [0.1, 0.15) is 6.54 Å². The van der Waals surface area contributed by atoms with Crippen LogP contribution in [-0.2, 0) is 54.8 Å². The molecule has 5 rings (SSSR count). The van der Waals surface area contributed by atoms with Crippen LogP contribution in [0, 0.1) is 5.41 Å². The Bertz CT molecular complexity index is 2550. The van der Waals surface area contributed by atoms with Gasteiger partial charge in [-0.2, -0.15) is 13.0 Å². The largest absolute Gasteiger partial charge is 0.466 e. The first-order valence-electron chi connectivity index (χ1n) is 23.1. The third kappa shape index (κ3) is 11.3. The van der Waals surface area contributed by atoms with Crippen LogP contribution >= 0.6 is 0 Å². The zero-order valence-corrected chi connectivity index (χ0v) is 41.7. The second-order valence-electron chi connectivity index (χ2n) is 18.3. The summed E-state index contributed by atoms with van der Waals surface area (Å²) < 4.78 is 74.7. The number of fused-ring (bicyclic) bond motifs is 2. The van der Waals surface area contributed by atoms with Crippen LogP contribution in [0.2, 0.25) is 0 Å². The SMILES string of the molecule is CCCC[N+]1=C(/C=C/C2=CC(=C/C=C3/N(CCC)c4ccc(S(=O)(=O)N(C)CCCC(=O)OCC)cc4C3(C)C)/CC(C(=O)NCCS(=O)(=O)O)(C(=O)OCC)C2)C(C)(C)c2ccccc21. The number of ether oxygens (including phenoxy) is 2. The lowest BCUT2D eigenvalue weighted by Gasteiger charge is -2.34. The third-order valence-corrected chi connectivity index (χ3v) is 15.3. The molecule has 1 amide bonds. The molecule has 0 saturated carbocycles. The van der Waals surface area contributed by atoms with Crippen LogP contribution in [0.25, 0.3) is 0 Å². The highest BCUT2D eigenvalue weighted by molar-refractivity contribution is 7.89. The van der Waals surface area contributed by atoms with Crippen molar-refractivity contribution in [3.8, 4) is 0 Å². The van der Waals surface area contributed by atoms with Crippen molar-refractivity contribution in [3.05, 3.63) is 101 Å². The molecule has 2 aromatic carbocycles. The lowest BCUT2D eigenvalue weighted by molar-refractivity contribution is -0.438. The number of nitrogens with one attached hydrogen (secondary N) is 1. The molecule has 14 nitrogen and oxygen atoms in total. The summed E-state index contributed by atoms with van der Waals surface area (Å²) in [5.74, 6) is -2.57. The van der Waals surface area contributed by atoms with Gasteiger partial charge in [-0.25, -0.2) is 12.7 Å². The molecule has 0 bridgehead atoms. The van der Waals surface area contributed by atoms with Gasteiger partial charge < -0.3 is 19.7 Å². The van der Waals surface area contributed by atoms with E-state index in [-0.39, 0.29) is 55.3 Å². The molecule has 2 heterocycles. The van der Waals surface area contributed by atoms with Gasteiger partial charge in [-0.15, -0.1) is 0 Å². The van der Waals surface area contributed by atoms with Gasteiger partial charge in [0, 0.05) is 74.0 Å². The molecule has 0 saturated heterocycles. The molecule has 3 aliphatic rings. The molecule has 2 N–H and O–H groups in total. The van der Waals surface area contributed by atoms with Crippen LogP contribution in [0.15, 0.2) is 94.6 Å². The van der Waals surface area contributed by atoms with Crippen molar-refractivity contribution in [1.29, 1.82) is 0 Å². The van der Waals surface area contributed by atoms with E-state index in [1.165, 1.54) is 16.9 Å². The Morgan fingerprint density at radius 1 is 0.879 bits per heavy atom. The number of allylic oxidation sites excluding steroid dienone is 8. The Kier molecular flexibility index (Phi) is 16.9. The molecule has 0 aromatic heterocycles. The summed E-state index contributed by atoms with van der Waals surface area (Å²) in [6.07, 6.45) is 13.0. The second kappa shape index (κ2) is 21.4. The monoisotopic (exact) mass is 949 g/mol. The third-order valence-electron chi connectivity index (χ3n) is 12.8. The van der Waals surface area contributed by atoms with Crippen LogP contribution in [0.4, 0.5) is 11.4 Å². The Morgan fingerprint density at radius 3 is 2.26 bits per heavy atom. The predicted molar refractivity (Wildman–Crippen MR) is 258 cm³/mol. The minimum Gasteiger partial charge on any atom is -0.466 e. The molecule has 1 atom stereocenters. The van der Waals surface area contributed by atoms with Crippen LogP contribution in [0.3, 0.4) is 0 Å². The highest BCUT2D eigenvalue weighted by atomic mass is 32.2. The Labute approximate surface area is 392 Å². The summed E-state index contributed by atoms with van der Waals surface area (Å²) in [5.41, 5.74) is 4.46. The molecular formula is C50H69N4O10S2+. The highest BCUT2D eigenvalue weighted by Crippen LogP contribution is 2.49. The summed E-state index contributed by atoms with van der Waals surface area (Å²) in [4.78, 5) is 42.7. The van der Waals surface area contributed by atoms with E-state index in [4.69, 9.17) is 9.47 Å². The van der Waals surface area contributed by atoms with Crippen molar-refractivity contribution < 1.29 is 49.8 Å². The van der Waals surface area contributed by atoms with E-state index in [9.17, 15) is 35.8 Å². The minimum absolute atomic E-state index is 0.00709. The molecule has 16 heteroatoms. The van der Waals surface area contributed by atoms with Crippen LogP contribution < -0.4 is 10.2 Å². The Hall–Kier alpha value is -4.90. The average molecular weight is 950 g/mol. The molecule has 1 unspecified atom stereocenters. The number of esters is 2. The zero-order chi connectivity index (χ0) is 48.7. The molecular weight excluding hydrogens is 881 g/mol. The van der Waals surface area contributed by atoms with Gasteiger partial charge in [0.15, 0.2) is 11.1 Å². The number of nitrogens with zero attached hydrogens (tertiary/aromatic N) is 3. The standard InChI is InChI=1S/C50H68N4O10S2/c1-10-14-30-54-41-19-16-15-18-39(41)48(5,6)43(54)25-21-36-32-37(35-50(34-36,47(57)64-13-4)46(56)51-27-31-65(58,59)60)22-26-44-49(7,8)40-33-38(23-24-42(40)53(44)28-11-2)66(61,62)52(9)29-17-20-45(55)63-12-3/h15-16,18-19,21-26,32-33H,10-14,17,20,27-31,34-35H2,1-9H3,(H-,51,56,58,59,60)/p+1. The summed E-state index contributed by atoms with van der Waals surface area (Å²) in [7, 11) is -6.82. The molecule has 360 valence electrons. The molecule has 0 fully saturated rings. The first-order valence-corrected chi connectivity index (χ1v) is 26.1. The number of para-hydroxylation sites is 1. The molecule has 2 aromatic rings. The smallest absolute Gasteiger partial charge is 0.322 e. The molecule has 66 heavy (non-hydrogen) atoms. The number of anilines is 1. The molecule has 0 radical (unpaired) electrons. The number of unbranched alkanes of at least 4 members (excludes halogenated alkanes) is 1. The van der Waals surface area contributed by atoms with Crippen molar-refractivity contribution in [3.63, 3.8) is 0 Å². The zero-order valence-electron chi connectivity index (χ0n) is 40.1. The number of hydrogen-bond donors (Lipinski definition) is 2. The number of carbonyl (C=O) groups is 3. The fourth-order valence-corrected chi connectivity index (χ4v) is 10.9. The topological polar surface area (TPSA) is 180 Å². The number of benzene rings is 2. The molecule has 1 aliphatic carbocycles. The van der Waals surface area contributed by atoms with Crippen molar-refractivity contribution >= 4 is 55.1 Å². The molecule has 0 spiro atoms.